The number of piperidine rings is 1. The minimum atomic E-state index is -3.46. The van der Waals surface area contributed by atoms with Crippen LogP contribution >= 0.6 is 11.3 Å². The fourth-order valence-electron chi connectivity index (χ4n) is 2.40. The smallest absolute Gasteiger partial charge is 0.250 e. The van der Waals surface area contributed by atoms with Crippen molar-refractivity contribution in [2.45, 2.75) is 29.1 Å². The lowest BCUT2D eigenvalue weighted by Gasteiger charge is -2.33. The fourth-order valence-corrected chi connectivity index (χ4v) is 4.71. The molecular formula is C13H21N3O4S2. The molecule has 1 aromatic rings. The standard InChI is InChI=1S/C13H21N3O4S2/c1-20-9-11(14)13(17)16-6-4-10(5-7-16)15-22(18,19)12-3-2-8-21-12/h2-3,8,10-11,15H,4-7,9,14H2,1H3. The van der Waals surface area contributed by atoms with E-state index in [-0.39, 0.29) is 18.6 Å². The van der Waals surface area contributed by atoms with E-state index in [0.717, 1.165) is 0 Å². The van der Waals surface area contributed by atoms with E-state index in [0.29, 0.717) is 30.1 Å². The highest BCUT2D eigenvalue weighted by Gasteiger charge is 2.29. The molecule has 2 rings (SSSR count). The number of hydrogen-bond acceptors (Lipinski definition) is 6. The lowest BCUT2D eigenvalue weighted by molar-refractivity contribution is -0.134. The Morgan fingerprint density at radius 1 is 1.55 bits per heavy atom. The normalized spacial score (nSPS) is 18.4. The molecule has 0 radical (unpaired) electrons. The molecule has 0 aromatic carbocycles. The van der Waals surface area contributed by atoms with Crippen molar-refractivity contribution in [3.8, 4) is 0 Å². The predicted molar refractivity (Wildman–Crippen MR) is 84.1 cm³/mol. The van der Waals surface area contributed by atoms with Crippen molar-refractivity contribution < 1.29 is 17.9 Å². The van der Waals surface area contributed by atoms with Gasteiger partial charge in [0.15, 0.2) is 0 Å². The Kier molecular flexibility index (Phi) is 5.93. The second kappa shape index (κ2) is 7.51. The second-order valence-electron chi connectivity index (χ2n) is 5.21. The first-order chi connectivity index (χ1) is 10.4. The van der Waals surface area contributed by atoms with Crippen molar-refractivity contribution in [2.24, 2.45) is 5.73 Å². The summed E-state index contributed by atoms with van der Waals surface area (Å²) >= 11 is 1.19. The predicted octanol–water partition coefficient (Wildman–Crippen LogP) is -0.00890. The molecule has 0 bridgehead atoms. The van der Waals surface area contributed by atoms with Crippen molar-refractivity contribution >= 4 is 27.3 Å². The maximum Gasteiger partial charge on any atom is 0.250 e. The highest BCUT2D eigenvalue weighted by atomic mass is 32.2. The molecule has 22 heavy (non-hydrogen) atoms. The molecule has 2 heterocycles. The molecule has 1 aliphatic rings. The summed E-state index contributed by atoms with van der Waals surface area (Å²) in [6.45, 7) is 1.17. The number of ether oxygens (including phenoxy) is 1. The van der Waals surface area contributed by atoms with Crippen molar-refractivity contribution in [2.75, 3.05) is 26.8 Å². The van der Waals surface area contributed by atoms with E-state index in [1.165, 1.54) is 18.4 Å². The van der Waals surface area contributed by atoms with E-state index >= 15 is 0 Å². The van der Waals surface area contributed by atoms with E-state index in [1.54, 1.807) is 22.4 Å². The van der Waals surface area contributed by atoms with Crippen LogP contribution in [-0.4, -0.2) is 58.1 Å². The average Bonchev–Trinajstić information content (AvgIpc) is 3.02. The average molecular weight is 347 g/mol. The van der Waals surface area contributed by atoms with Crippen LogP contribution in [0.25, 0.3) is 0 Å². The quantitative estimate of drug-likeness (QED) is 0.754. The molecule has 1 atom stereocenters. The second-order valence-corrected chi connectivity index (χ2v) is 8.10. The van der Waals surface area contributed by atoms with Crippen molar-refractivity contribution in [3.05, 3.63) is 17.5 Å². The third-order valence-electron chi connectivity index (χ3n) is 3.55. The zero-order valence-electron chi connectivity index (χ0n) is 12.4. The SMILES string of the molecule is COCC(N)C(=O)N1CCC(NS(=O)(=O)c2cccs2)CC1. The van der Waals surface area contributed by atoms with Crippen LogP contribution in [0, 0.1) is 0 Å². The lowest BCUT2D eigenvalue weighted by atomic mass is 10.1. The Labute approximate surface area is 134 Å². The summed E-state index contributed by atoms with van der Waals surface area (Å²) in [5.74, 6) is -0.151. The van der Waals surface area contributed by atoms with Gasteiger partial charge in [0, 0.05) is 26.2 Å². The van der Waals surface area contributed by atoms with Gasteiger partial charge in [-0.2, -0.15) is 0 Å². The number of hydrogen-bond donors (Lipinski definition) is 2. The van der Waals surface area contributed by atoms with E-state index in [2.05, 4.69) is 4.72 Å². The molecule has 1 saturated heterocycles. The molecule has 7 nitrogen and oxygen atoms in total. The molecule has 1 amide bonds. The number of carbonyl (C=O) groups excluding carboxylic acids is 1. The number of nitrogens with two attached hydrogens (primary N) is 1. The number of likely N-dealkylation sites (tertiary alicyclic amines) is 1. The van der Waals surface area contributed by atoms with Gasteiger partial charge in [0.25, 0.3) is 0 Å². The highest BCUT2D eigenvalue weighted by molar-refractivity contribution is 7.91. The van der Waals surface area contributed by atoms with Gasteiger partial charge in [-0.15, -0.1) is 11.3 Å². The zero-order valence-corrected chi connectivity index (χ0v) is 14.0. The summed E-state index contributed by atoms with van der Waals surface area (Å²) in [5, 5.41) is 1.73. The van der Waals surface area contributed by atoms with Crippen LogP contribution in [0.2, 0.25) is 0 Å². The van der Waals surface area contributed by atoms with Crippen molar-refractivity contribution in [1.29, 1.82) is 0 Å². The number of rotatable bonds is 6. The maximum absolute atomic E-state index is 12.2. The topological polar surface area (TPSA) is 102 Å². The Balaban J connectivity index is 1.86. The molecule has 9 heteroatoms. The summed E-state index contributed by atoms with van der Waals surface area (Å²) in [7, 11) is -1.96. The van der Waals surface area contributed by atoms with E-state index in [4.69, 9.17) is 10.5 Å². The van der Waals surface area contributed by atoms with Crippen molar-refractivity contribution in [1.82, 2.24) is 9.62 Å². The van der Waals surface area contributed by atoms with Gasteiger partial charge in [0.1, 0.15) is 10.3 Å². The molecule has 0 aliphatic carbocycles. The number of sulfonamides is 1. The fraction of sp³-hybridized carbons (Fsp3) is 0.615. The summed E-state index contributed by atoms with van der Waals surface area (Å²) in [4.78, 5) is 13.7. The molecule has 1 fully saturated rings. The molecule has 1 aliphatic heterocycles. The molecule has 124 valence electrons. The van der Waals surface area contributed by atoms with Crippen LogP contribution in [0.5, 0.6) is 0 Å². The number of amides is 1. The highest BCUT2D eigenvalue weighted by Crippen LogP contribution is 2.19. The first kappa shape index (κ1) is 17.4. The van der Waals surface area contributed by atoms with E-state index in [1.807, 2.05) is 0 Å². The largest absolute Gasteiger partial charge is 0.383 e. The van der Waals surface area contributed by atoms with Gasteiger partial charge in [-0.25, -0.2) is 13.1 Å². The number of thiophene rings is 1. The summed E-state index contributed by atoms with van der Waals surface area (Å²) in [6, 6.07) is 2.46. The number of nitrogens with one attached hydrogen (secondary N) is 1. The van der Waals surface area contributed by atoms with E-state index < -0.39 is 16.1 Å². The maximum atomic E-state index is 12.2. The van der Waals surface area contributed by atoms with Crippen LogP contribution < -0.4 is 10.5 Å². The zero-order chi connectivity index (χ0) is 16.2. The van der Waals surface area contributed by atoms with Gasteiger partial charge in [-0.3, -0.25) is 4.79 Å². The van der Waals surface area contributed by atoms with Gasteiger partial charge in [0.2, 0.25) is 15.9 Å². The van der Waals surface area contributed by atoms with Gasteiger partial charge >= 0.3 is 0 Å². The van der Waals surface area contributed by atoms with Crippen LogP contribution in [-0.2, 0) is 19.6 Å². The van der Waals surface area contributed by atoms with Gasteiger partial charge in [-0.05, 0) is 24.3 Å². The molecule has 3 N–H and O–H groups in total. The number of carbonyl (C=O) groups is 1. The Morgan fingerprint density at radius 2 is 2.23 bits per heavy atom. The van der Waals surface area contributed by atoms with Gasteiger partial charge in [-0.1, -0.05) is 6.07 Å². The summed E-state index contributed by atoms with van der Waals surface area (Å²) in [5.41, 5.74) is 5.73. The first-order valence-electron chi connectivity index (χ1n) is 7.03. The Bertz CT molecular complexity index is 580. The minimum Gasteiger partial charge on any atom is -0.383 e. The van der Waals surface area contributed by atoms with E-state index in [9.17, 15) is 13.2 Å². The Morgan fingerprint density at radius 3 is 2.77 bits per heavy atom. The number of nitrogens with zero attached hydrogens (tertiary/aromatic N) is 1. The van der Waals surface area contributed by atoms with Gasteiger partial charge in [0.05, 0.1) is 6.61 Å². The first-order valence-corrected chi connectivity index (χ1v) is 9.39. The minimum absolute atomic E-state index is 0.151. The Hall–Kier alpha value is -1.00. The van der Waals surface area contributed by atoms with Crippen LogP contribution in [0.1, 0.15) is 12.8 Å². The third-order valence-corrected chi connectivity index (χ3v) is 6.47. The molecule has 0 saturated carbocycles. The lowest BCUT2D eigenvalue weighted by Crippen LogP contribution is -2.51. The van der Waals surface area contributed by atoms with Crippen LogP contribution in [0.15, 0.2) is 21.7 Å². The molecule has 0 spiro atoms. The molecular weight excluding hydrogens is 326 g/mol. The molecule has 1 aromatic heterocycles. The molecule has 1 unspecified atom stereocenters. The monoisotopic (exact) mass is 347 g/mol. The van der Waals surface area contributed by atoms with Crippen molar-refractivity contribution in [3.63, 3.8) is 0 Å². The van der Waals surface area contributed by atoms with Crippen LogP contribution in [0.4, 0.5) is 0 Å². The van der Waals surface area contributed by atoms with Gasteiger partial charge < -0.3 is 15.4 Å². The number of methoxy groups -OCH3 is 1. The summed E-state index contributed by atoms with van der Waals surface area (Å²) in [6.07, 6.45) is 1.16. The summed E-state index contributed by atoms with van der Waals surface area (Å²) < 4.78 is 32.2. The van der Waals surface area contributed by atoms with Crippen LogP contribution in [0.3, 0.4) is 0 Å². The third kappa shape index (κ3) is 4.26.